The monoisotopic (exact) mass is 274 g/mol. The van der Waals surface area contributed by atoms with Gasteiger partial charge in [0.1, 0.15) is 5.52 Å². The molecular formula is C14H18N4O2. The van der Waals surface area contributed by atoms with Crippen LogP contribution in [0.2, 0.25) is 0 Å². The summed E-state index contributed by atoms with van der Waals surface area (Å²) in [5.41, 5.74) is 1.82. The summed E-state index contributed by atoms with van der Waals surface area (Å²) in [6, 6.07) is 5.41. The third-order valence-corrected chi connectivity index (χ3v) is 4.05. The molecule has 1 N–H and O–H groups in total. The highest BCUT2D eigenvalue weighted by atomic mass is 16.4. The van der Waals surface area contributed by atoms with E-state index in [4.69, 9.17) is 5.11 Å². The van der Waals surface area contributed by atoms with Crippen LogP contribution < -0.4 is 0 Å². The number of benzene rings is 1. The van der Waals surface area contributed by atoms with Gasteiger partial charge in [-0.1, -0.05) is 12.1 Å². The van der Waals surface area contributed by atoms with Gasteiger partial charge in [0.25, 0.3) is 0 Å². The van der Waals surface area contributed by atoms with Crippen LogP contribution >= 0.6 is 0 Å². The van der Waals surface area contributed by atoms with Crippen molar-refractivity contribution in [2.75, 3.05) is 13.1 Å². The van der Waals surface area contributed by atoms with Crippen molar-refractivity contribution in [1.82, 2.24) is 19.9 Å². The van der Waals surface area contributed by atoms with Crippen molar-refractivity contribution in [3.8, 4) is 0 Å². The third kappa shape index (κ3) is 2.27. The molecule has 6 heteroatoms. The zero-order valence-electron chi connectivity index (χ0n) is 11.5. The van der Waals surface area contributed by atoms with E-state index in [1.807, 2.05) is 4.68 Å². The van der Waals surface area contributed by atoms with E-state index in [-0.39, 0.29) is 5.56 Å². The second kappa shape index (κ2) is 5.20. The second-order valence-electron chi connectivity index (χ2n) is 5.20. The largest absolute Gasteiger partial charge is 0.478 e. The fraction of sp³-hybridized carbons (Fsp3) is 0.500. The predicted octanol–water partition coefficient (Wildman–Crippen LogP) is 1.61. The standard InChI is InChI=1S/C14H18N4O2/c1-2-17-7-3-4-11(17)9-18-13-8-10(14(19)20)5-6-12(13)15-16-18/h5-6,8,11H,2-4,7,9H2,1H3,(H,19,20). The van der Waals surface area contributed by atoms with E-state index >= 15 is 0 Å². The Morgan fingerprint density at radius 3 is 3.10 bits per heavy atom. The SMILES string of the molecule is CCN1CCCC1Cn1nnc2ccc(C(=O)O)cc21. The first-order chi connectivity index (χ1) is 9.69. The van der Waals surface area contributed by atoms with Gasteiger partial charge < -0.3 is 5.11 Å². The number of nitrogens with zero attached hydrogens (tertiary/aromatic N) is 4. The van der Waals surface area contributed by atoms with Crippen molar-refractivity contribution in [3.63, 3.8) is 0 Å². The molecule has 1 aromatic carbocycles. The lowest BCUT2D eigenvalue weighted by atomic mass is 10.2. The maximum atomic E-state index is 11.1. The first-order valence-electron chi connectivity index (χ1n) is 6.99. The number of aromatic nitrogens is 3. The number of carboxylic acids is 1. The van der Waals surface area contributed by atoms with Crippen LogP contribution in [0.3, 0.4) is 0 Å². The van der Waals surface area contributed by atoms with Crippen LogP contribution in [0, 0.1) is 0 Å². The molecule has 1 fully saturated rings. The van der Waals surface area contributed by atoms with Crippen LogP contribution in [0.4, 0.5) is 0 Å². The van der Waals surface area contributed by atoms with Crippen molar-refractivity contribution in [3.05, 3.63) is 23.8 Å². The Morgan fingerprint density at radius 1 is 1.50 bits per heavy atom. The number of hydrogen-bond acceptors (Lipinski definition) is 4. The lowest BCUT2D eigenvalue weighted by Gasteiger charge is -2.22. The Bertz CT molecular complexity index is 637. The Labute approximate surface area is 117 Å². The van der Waals surface area contributed by atoms with Crippen molar-refractivity contribution in [2.24, 2.45) is 0 Å². The fourth-order valence-electron chi connectivity index (χ4n) is 2.95. The van der Waals surface area contributed by atoms with Gasteiger partial charge in [0, 0.05) is 6.04 Å². The maximum absolute atomic E-state index is 11.1. The van der Waals surface area contributed by atoms with E-state index in [0.29, 0.717) is 6.04 Å². The number of likely N-dealkylation sites (tertiary alicyclic amines) is 1. The van der Waals surface area contributed by atoms with Crippen LogP contribution in [0.15, 0.2) is 18.2 Å². The molecule has 0 bridgehead atoms. The zero-order chi connectivity index (χ0) is 14.1. The highest BCUT2D eigenvalue weighted by Gasteiger charge is 2.24. The van der Waals surface area contributed by atoms with Gasteiger partial charge in [0.05, 0.1) is 17.6 Å². The van der Waals surface area contributed by atoms with Crippen molar-refractivity contribution in [1.29, 1.82) is 0 Å². The summed E-state index contributed by atoms with van der Waals surface area (Å²) in [4.78, 5) is 13.5. The summed E-state index contributed by atoms with van der Waals surface area (Å²) < 4.78 is 1.83. The highest BCUT2D eigenvalue weighted by Crippen LogP contribution is 2.20. The molecule has 2 aromatic rings. The summed E-state index contributed by atoms with van der Waals surface area (Å²) in [7, 11) is 0. The van der Waals surface area contributed by atoms with E-state index in [0.717, 1.165) is 37.1 Å². The van der Waals surface area contributed by atoms with Gasteiger partial charge in [-0.3, -0.25) is 4.90 Å². The Morgan fingerprint density at radius 2 is 2.35 bits per heavy atom. The molecule has 0 aliphatic carbocycles. The fourth-order valence-corrected chi connectivity index (χ4v) is 2.95. The van der Waals surface area contributed by atoms with Crippen LogP contribution in [-0.4, -0.2) is 50.1 Å². The molecule has 0 spiro atoms. The van der Waals surface area contributed by atoms with Gasteiger partial charge in [0.2, 0.25) is 0 Å². The van der Waals surface area contributed by atoms with Gasteiger partial charge in [0.15, 0.2) is 0 Å². The second-order valence-corrected chi connectivity index (χ2v) is 5.20. The number of hydrogen-bond donors (Lipinski definition) is 1. The van der Waals surface area contributed by atoms with E-state index in [9.17, 15) is 4.79 Å². The third-order valence-electron chi connectivity index (χ3n) is 4.05. The molecule has 106 valence electrons. The van der Waals surface area contributed by atoms with Crippen LogP contribution in [0.25, 0.3) is 11.0 Å². The lowest BCUT2D eigenvalue weighted by Crippen LogP contribution is -2.33. The average molecular weight is 274 g/mol. The predicted molar refractivity (Wildman–Crippen MR) is 74.8 cm³/mol. The molecule has 2 heterocycles. The van der Waals surface area contributed by atoms with E-state index in [2.05, 4.69) is 22.1 Å². The van der Waals surface area contributed by atoms with Crippen molar-refractivity contribution < 1.29 is 9.90 Å². The molecule has 1 atom stereocenters. The van der Waals surface area contributed by atoms with E-state index in [1.54, 1.807) is 18.2 Å². The summed E-state index contributed by atoms with van der Waals surface area (Å²) in [6.45, 7) is 5.11. The molecule has 1 unspecified atom stereocenters. The van der Waals surface area contributed by atoms with E-state index in [1.165, 1.54) is 6.42 Å². The molecule has 0 radical (unpaired) electrons. The first-order valence-corrected chi connectivity index (χ1v) is 6.99. The summed E-state index contributed by atoms with van der Waals surface area (Å²) >= 11 is 0. The summed E-state index contributed by atoms with van der Waals surface area (Å²) in [6.07, 6.45) is 2.37. The minimum Gasteiger partial charge on any atom is -0.478 e. The summed E-state index contributed by atoms with van der Waals surface area (Å²) in [5, 5.41) is 17.4. The highest BCUT2D eigenvalue weighted by molar-refractivity contribution is 5.92. The molecule has 0 saturated carbocycles. The first kappa shape index (κ1) is 13.1. The number of likely N-dealkylation sites (N-methyl/N-ethyl adjacent to an activating group) is 1. The van der Waals surface area contributed by atoms with Gasteiger partial charge in [-0.2, -0.15) is 0 Å². The quantitative estimate of drug-likeness (QED) is 0.917. The number of carbonyl (C=O) groups is 1. The van der Waals surface area contributed by atoms with Crippen LogP contribution in [0.1, 0.15) is 30.1 Å². The van der Waals surface area contributed by atoms with Gasteiger partial charge in [-0.15, -0.1) is 5.10 Å². The molecule has 6 nitrogen and oxygen atoms in total. The smallest absolute Gasteiger partial charge is 0.335 e. The molecule has 1 aliphatic heterocycles. The number of fused-ring (bicyclic) bond motifs is 1. The van der Waals surface area contributed by atoms with Crippen LogP contribution in [0.5, 0.6) is 0 Å². The van der Waals surface area contributed by atoms with Gasteiger partial charge in [-0.25, -0.2) is 9.48 Å². The molecule has 1 saturated heterocycles. The van der Waals surface area contributed by atoms with E-state index < -0.39 is 5.97 Å². The maximum Gasteiger partial charge on any atom is 0.335 e. The number of carboxylic acid groups (broad SMARTS) is 1. The van der Waals surface area contributed by atoms with Crippen LogP contribution in [-0.2, 0) is 6.54 Å². The molecule has 1 aliphatic rings. The average Bonchev–Trinajstić information content (AvgIpc) is 3.05. The molecule has 1 aromatic heterocycles. The van der Waals surface area contributed by atoms with Gasteiger partial charge >= 0.3 is 5.97 Å². The minimum absolute atomic E-state index is 0.278. The zero-order valence-corrected chi connectivity index (χ0v) is 11.5. The number of aromatic carboxylic acids is 1. The Balaban J connectivity index is 1.91. The minimum atomic E-state index is -0.921. The normalized spacial score (nSPS) is 19.8. The molecule has 3 rings (SSSR count). The van der Waals surface area contributed by atoms with Gasteiger partial charge in [-0.05, 0) is 44.1 Å². The molecule has 0 amide bonds. The topological polar surface area (TPSA) is 71.2 Å². The number of rotatable bonds is 4. The molecule has 20 heavy (non-hydrogen) atoms. The molecular weight excluding hydrogens is 256 g/mol. The lowest BCUT2D eigenvalue weighted by molar-refractivity contribution is 0.0697. The van der Waals surface area contributed by atoms with Crippen molar-refractivity contribution in [2.45, 2.75) is 32.4 Å². The Kier molecular flexibility index (Phi) is 3.40. The van der Waals surface area contributed by atoms with Crippen molar-refractivity contribution >= 4 is 17.0 Å². The Hall–Kier alpha value is -1.95. The summed E-state index contributed by atoms with van der Waals surface area (Å²) in [5.74, 6) is -0.921.